The third-order valence-electron chi connectivity index (χ3n) is 2.92. The molecule has 0 aliphatic rings. The molecule has 0 bridgehead atoms. The van der Waals surface area contributed by atoms with Crippen LogP contribution >= 0.6 is 0 Å². The summed E-state index contributed by atoms with van der Waals surface area (Å²) >= 11 is 0. The van der Waals surface area contributed by atoms with Crippen molar-refractivity contribution in [3.63, 3.8) is 0 Å². The maximum atomic E-state index is 5.61. The predicted molar refractivity (Wildman–Crippen MR) is 76.0 cm³/mol. The van der Waals surface area contributed by atoms with E-state index < -0.39 is 0 Å². The lowest BCUT2D eigenvalue weighted by atomic mass is 10.0. The number of rotatable bonds is 8. The molecule has 3 heteroatoms. The highest BCUT2D eigenvalue weighted by Crippen LogP contribution is 2.08. The first-order valence-corrected chi connectivity index (χ1v) is 6.86. The number of pyridine rings is 1. The Labute approximate surface area is 111 Å². The zero-order valence-electron chi connectivity index (χ0n) is 12.1. The zero-order chi connectivity index (χ0) is 13.4. The van der Waals surface area contributed by atoms with Crippen LogP contribution in [-0.4, -0.2) is 24.2 Å². The van der Waals surface area contributed by atoms with E-state index in [2.05, 4.69) is 31.1 Å². The Balaban J connectivity index is 2.09. The quantitative estimate of drug-likeness (QED) is 0.720. The van der Waals surface area contributed by atoms with Gasteiger partial charge in [0, 0.05) is 18.3 Å². The van der Waals surface area contributed by atoms with Crippen molar-refractivity contribution in [3.8, 4) is 5.75 Å². The third kappa shape index (κ3) is 6.60. The van der Waals surface area contributed by atoms with Gasteiger partial charge in [0.1, 0.15) is 12.4 Å². The van der Waals surface area contributed by atoms with Crippen LogP contribution in [0.25, 0.3) is 0 Å². The Morgan fingerprint density at radius 1 is 1.22 bits per heavy atom. The van der Waals surface area contributed by atoms with Gasteiger partial charge in [0.05, 0.1) is 6.20 Å². The molecule has 1 unspecified atom stereocenters. The van der Waals surface area contributed by atoms with Gasteiger partial charge in [-0.3, -0.25) is 4.98 Å². The Hall–Kier alpha value is -1.09. The molecule has 0 fully saturated rings. The molecule has 0 spiro atoms. The Bertz CT molecular complexity index is 322. The van der Waals surface area contributed by atoms with Crippen LogP contribution in [0.1, 0.15) is 39.3 Å². The van der Waals surface area contributed by atoms with Gasteiger partial charge in [-0.05, 0) is 44.7 Å². The highest BCUT2D eigenvalue weighted by atomic mass is 16.5. The summed E-state index contributed by atoms with van der Waals surface area (Å²) in [7, 11) is 0. The van der Waals surface area contributed by atoms with E-state index >= 15 is 0 Å². The molecule has 0 aliphatic carbocycles. The second kappa shape index (κ2) is 8.09. The van der Waals surface area contributed by atoms with Crippen molar-refractivity contribution in [3.05, 3.63) is 24.0 Å². The monoisotopic (exact) mass is 250 g/mol. The van der Waals surface area contributed by atoms with Crippen molar-refractivity contribution in [2.45, 2.75) is 46.6 Å². The molecule has 0 saturated carbocycles. The van der Waals surface area contributed by atoms with Crippen LogP contribution in [0.15, 0.2) is 18.3 Å². The highest BCUT2D eigenvalue weighted by molar-refractivity contribution is 5.18. The number of aromatic nitrogens is 1. The summed E-state index contributed by atoms with van der Waals surface area (Å²) in [5, 5.41) is 3.47. The molecule has 102 valence electrons. The lowest BCUT2D eigenvalue weighted by molar-refractivity contribution is 0.302. The number of aryl methyl sites for hydroxylation is 1. The largest absolute Gasteiger partial charge is 0.491 e. The summed E-state index contributed by atoms with van der Waals surface area (Å²) in [6.45, 7) is 10.3. The molecule has 0 aromatic carbocycles. The predicted octanol–water partition coefficient (Wildman–Crippen LogP) is 3.18. The van der Waals surface area contributed by atoms with Crippen molar-refractivity contribution in [1.82, 2.24) is 10.3 Å². The minimum absolute atomic E-state index is 0.562. The first-order chi connectivity index (χ1) is 8.58. The Morgan fingerprint density at radius 3 is 2.61 bits per heavy atom. The number of hydrogen-bond acceptors (Lipinski definition) is 3. The van der Waals surface area contributed by atoms with Gasteiger partial charge in [0.25, 0.3) is 0 Å². The van der Waals surface area contributed by atoms with Crippen molar-refractivity contribution >= 4 is 0 Å². The molecular weight excluding hydrogens is 224 g/mol. The van der Waals surface area contributed by atoms with Crippen molar-refractivity contribution in [2.24, 2.45) is 5.92 Å². The van der Waals surface area contributed by atoms with Crippen LogP contribution in [0.2, 0.25) is 0 Å². The molecule has 1 aromatic rings. The first kappa shape index (κ1) is 15.0. The van der Waals surface area contributed by atoms with E-state index in [0.717, 1.165) is 23.9 Å². The van der Waals surface area contributed by atoms with E-state index in [9.17, 15) is 0 Å². The molecule has 18 heavy (non-hydrogen) atoms. The van der Waals surface area contributed by atoms with Gasteiger partial charge in [0.2, 0.25) is 0 Å². The fourth-order valence-corrected chi connectivity index (χ4v) is 1.70. The minimum Gasteiger partial charge on any atom is -0.491 e. The lowest BCUT2D eigenvalue weighted by Gasteiger charge is -2.15. The summed E-state index contributed by atoms with van der Waals surface area (Å²) in [5.74, 6) is 1.63. The van der Waals surface area contributed by atoms with Gasteiger partial charge in [0.15, 0.2) is 0 Å². The van der Waals surface area contributed by atoms with Crippen molar-refractivity contribution in [2.75, 3.05) is 13.2 Å². The van der Waals surface area contributed by atoms with Gasteiger partial charge in [-0.25, -0.2) is 0 Å². The molecule has 0 aliphatic heterocycles. The van der Waals surface area contributed by atoms with Crippen LogP contribution in [0.5, 0.6) is 5.75 Å². The standard InChI is InChI=1S/C15H26N2O/c1-12(2)5-6-13(3)16-9-10-18-15-8-7-14(4)17-11-15/h7-8,11-13,16H,5-6,9-10H2,1-4H3. The van der Waals surface area contributed by atoms with E-state index in [1.165, 1.54) is 12.8 Å². The maximum absolute atomic E-state index is 5.61. The van der Waals surface area contributed by atoms with Crippen LogP contribution in [-0.2, 0) is 0 Å². The summed E-state index contributed by atoms with van der Waals surface area (Å²) in [6, 6.07) is 4.49. The van der Waals surface area contributed by atoms with Crippen LogP contribution in [0.4, 0.5) is 0 Å². The average Bonchev–Trinajstić information content (AvgIpc) is 2.34. The molecule has 1 atom stereocenters. The summed E-state index contributed by atoms with van der Waals surface area (Å²) in [6.07, 6.45) is 4.28. The fraction of sp³-hybridized carbons (Fsp3) is 0.667. The van der Waals surface area contributed by atoms with E-state index in [1.54, 1.807) is 6.20 Å². The third-order valence-corrected chi connectivity index (χ3v) is 2.92. The molecule has 0 radical (unpaired) electrons. The summed E-state index contributed by atoms with van der Waals surface area (Å²) in [5.41, 5.74) is 1.02. The number of nitrogens with one attached hydrogen (secondary N) is 1. The topological polar surface area (TPSA) is 34.1 Å². The Morgan fingerprint density at radius 2 is 2.00 bits per heavy atom. The van der Waals surface area contributed by atoms with E-state index in [1.807, 2.05) is 19.1 Å². The van der Waals surface area contributed by atoms with Crippen LogP contribution in [0.3, 0.4) is 0 Å². The van der Waals surface area contributed by atoms with E-state index in [-0.39, 0.29) is 0 Å². The van der Waals surface area contributed by atoms with Gasteiger partial charge in [-0.1, -0.05) is 13.8 Å². The van der Waals surface area contributed by atoms with Crippen LogP contribution < -0.4 is 10.1 Å². The molecule has 0 saturated heterocycles. The van der Waals surface area contributed by atoms with Crippen molar-refractivity contribution in [1.29, 1.82) is 0 Å². The normalized spacial score (nSPS) is 12.7. The number of hydrogen-bond donors (Lipinski definition) is 1. The van der Waals surface area contributed by atoms with Gasteiger partial charge in [-0.2, -0.15) is 0 Å². The molecule has 1 aromatic heterocycles. The second-order valence-electron chi connectivity index (χ2n) is 5.31. The Kier molecular flexibility index (Phi) is 6.73. The van der Waals surface area contributed by atoms with Gasteiger partial charge < -0.3 is 10.1 Å². The lowest BCUT2D eigenvalue weighted by Crippen LogP contribution is -2.30. The zero-order valence-corrected chi connectivity index (χ0v) is 12.1. The van der Waals surface area contributed by atoms with Gasteiger partial charge in [-0.15, -0.1) is 0 Å². The molecular formula is C15H26N2O. The summed E-state index contributed by atoms with van der Waals surface area (Å²) < 4.78 is 5.61. The van der Waals surface area contributed by atoms with E-state index in [0.29, 0.717) is 12.6 Å². The maximum Gasteiger partial charge on any atom is 0.137 e. The number of ether oxygens (including phenoxy) is 1. The van der Waals surface area contributed by atoms with Gasteiger partial charge >= 0.3 is 0 Å². The molecule has 3 nitrogen and oxygen atoms in total. The smallest absolute Gasteiger partial charge is 0.137 e. The summed E-state index contributed by atoms with van der Waals surface area (Å²) in [4.78, 5) is 4.20. The highest BCUT2D eigenvalue weighted by Gasteiger charge is 2.02. The first-order valence-electron chi connectivity index (χ1n) is 6.86. The SMILES string of the molecule is Cc1ccc(OCCNC(C)CCC(C)C)cn1. The fourth-order valence-electron chi connectivity index (χ4n) is 1.70. The van der Waals surface area contributed by atoms with E-state index in [4.69, 9.17) is 4.74 Å². The molecule has 0 amide bonds. The molecule has 1 N–H and O–H groups in total. The van der Waals surface area contributed by atoms with Crippen molar-refractivity contribution < 1.29 is 4.74 Å². The minimum atomic E-state index is 0.562. The molecule has 1 rings (SSSR count). The number of nitrogens with zero attached hydrogens (tertiary/aromatic N) is 1. The molecule has 1 heterocycles. The van der Waals surface area contributed by atoms with Crippen LogP contribution in [0, 0.1) is 12.8 Å². The second-order valence-corrected chi connectivity index (χ2v) is 5.31. The average molecular weight is 250 g/mol.